The molecule has 0 unspecified atom stereocenters. The lowest BCUT2D eigenvalue weighted by atomic mass is 10.1. The molecule has 0 fully saturated rings. The summed E-state index contributed by atoms with van der Waals surface area (Å²) in [4.78, 5) is 0. The second-order valence-electron chi connectivity index (χ2n) is 5.13. The van der Waals surface area contributed by atoms with Gasteiger partial charge in [0.05, 0.1) is 0 Å². The molecule has 0 saturated heterocycles. The zero-order valence-electron chi connectivity index (χ0n) is 12.1. The number of phenolic OH excluding ortho intramolecular Hbond substituents is 1. The van der Waals surface area contributed by atoms with Crippen LogP contribution in [-0.2, 0) is 0 Å². The van der Waals surface area contributed by atoms with Gasteiger partial charge < -0.3 is 15.7 Å². The number of benzene rings is 3. The number of phenols is 1. The summed E-state index contributed by atoms with van der Waals surface area (Å²) in [7, 11) is 0. The van der Waals surface area contributed by atoms with Crippen molar-refractivity contribution in [2.24, 2.45) is 0 Å². The van der Waals surface area contributed by atoms with Gasteiger partial charge in [-0.25, -0.2) is 0 Å². The highest BCUT2D eigenvalue weighted by atomic mass is 32.1. The van der Waals surface area contributed by atoms with E-state index in [0.29, 0.717) is 5.11 Å². The third-order valence-corrected chi connectivity index (χ3v) is 3.63. The van der Waals surface area contributed by atoms with Crippen molar-refractivity contribution in [2.75, 3.05) is 10.6 Å². The molecule has 22 heavy (non-hydrogen) atoms. The van der Waals surface area contributed by atoms with Gasteiger partial charge in [0.1, 0.15) is 5.75 Å². The van der Waals surface area contributed by atoms with E-state index in [9.17, 15) is 5.11 Å². The lowest BCUT2D eigenvalue weighted by Crippen LogP contribution is -2.19. The molecule has 0 radical (unpaired) electrons. The van der Waals surface area contributed by atoms with E-state index in [1.165, 1.54) is 5.56 Å². The second kappa shape index (κ2) is 6.03. The molecule has 0 saturated carbocycles. The molecule has 3 rings (SSSR count). The van der Waals surface area contributed by atoms with Crippen LogP contribution in [0.25, 0.3) is 10.8 Å². The quantitative estimate of drug-likeness (QED) is 0.602. The molecule has 0 bridgehead atoms. The maximum Gasteiger partial charge on any atom is 0.175 e. The first-order chi connectivity index (χ1) is 10.6. The topological polar surface area (TPSA) is 44.3 Å². The molecule has 0 aliphatic heterocycles. The number of anilines is 2. The van der Waals surface area contributed by atoms with Gasteiger partial charge in [-0.15, -0.1) is 0 Å². The first-order valence-corrected chi connectivity index (χ1v) is 7.40. The fourth-order valence-corrected chi connectivity index (χ4v) is 2.64. The summed E-state index contributed by atoms with van der Waals surface area (Å²) >= 11 is 5.37. The molecular formula is C18H16N2OS. The largest absolute Gasteiger partial charge is 0.507 e. The van der Waals surface area contributed by atoms with Crippen molar-refractivity contribution >= 4 is 39.5 Å². The van der Waals surface area contributed by atoms with Gasteiger partial charge in [-0.3, -0.25) is 0 Å². The summed E-state index contributed by atoms with van der Waals surface area (Å²) in [5.74, 6) is 0.263. The third kappa shape index (κ3) is 3.02. The Morgan fingerprint density at radius 1 is 0.909 bits per heavy atom. The van der Waals surface area contributed by atoms with Gasteiger partial charge in [0.25, 0.3) is 0 Å². The molecule has 0 amide bonds. The minimum absolute atomic E-state index is 0.263. The van der Waals surface area contributed by atoms with Crippen LogP contribution in [0.2, 0.25) is 0 Å². The zero-order chi connectivity index (χ0) is 15.5. The maximum atomic E-state index is 9.92. The molecule has 0 aromatic heterocycles. The van der Waals surface area contributed by atoms with Gasteiger partial charge >= 0.3 is 0 Å². The minimum atomic E-state index is 0.263. The van der Waals surface area contributed by atoms with Crippen LogP contribution < -0.4 is 10.6 Å². The molecule has 0 aliphatic carbocycles. The Labute approximate surface area is 134 Å². The van der Waals surface area contributed by atoms with Crippen LogP contribution in [0.1, 0.15) is 5.56 Å². The summed E-state index contributed by atoms with van der Waals surface area (Å²) in [6.07, 6.45) is 0. The monoisotopic (exact) mass is 308 g/mol. The Morgan fingerprint density at radius 3 is 2.45 bits per heavy atom. The molecule has 110 valence electrons. The molecule has 3 aromatic rings. The van der Waals surface area contributed by atoms with Crippen LogP contribution in [0.4, 0.5) is 11.4 Å². The maximum absolute atomic E-state index is 9.92. The van der Waals surface area contributed by atoms with E-state index in [1.807, 2.05) is 61.5 Å². The SMILES string of the molecule is Cc1cccc(NC(=S)Nc2cccc3c(O)cccc23)c1. The van der Waals surface area contributed by atoms with Crippen molar-refractivity contribution in [2.45, 2.75) is 6.92 Å². The van der Waals surface area contributed by atoms with Crippen molar-refractivity contribution in [3.8, 4) is 5.75 Å². The van der Waals surface area contributed by atoms with E-state index in [4.69, 9.17) is 12.2 Å². The first kappa shape index (κ1) is 14.4. The summed E-state index contributed by atoms with van der Waals surface area (Å²) in [6.45, 7) is 2.04. The summed E-state index contributed by atoms with van der Waals surface area (Å²) in [5, 5.41) is 18.5. The molecule has 4 heteroatoms. The lowest BCUT2D eigenvalue weighted by molar-refractivity contribution is 0.481. The standard InChI is InChI=1S/C18H16N2OS/c1-12-5-2-6-13(11-12)19-18(22)20-16-9-3-8-15-14(16)7-4-10-17(15)21/h2-11,21H,1H3,(H2,19,20,22). The van der Waals surface area contributed by atoms with Crippen molar-refractivity contribution in [3.63, 3.8) is 0 Å². The van der Waals surface area contributed by atoms with Gasteiger partial charge in [0, 0.05) is 22.1 Å². The second-order valence-corrected chi connectivity index (χ2v) is 5.53. The van der Waals surface area contributed by atoms with Gasteiger partial charge in [0.2, 0.25) is 0 Å². The van der Waals surface area contributed by atoms with Crippen LogP contribution in [-0.4, -0.2) is 10.2 Å². The minimum Gasteiger partial charge on any atom is -0.507 e. The van der Waals surface area contributed by atoms with Crippen LogP contribution in [0.5, 0.6) is 5.75 Å². The molecule has 3 N–H and O–H groups in total. The van der Waals surface area contributed by atoms with Crippen LogP contribution in [0.15, 0.2) is 60.7 Å². The van der Waals surface area contributed by atoms with Crippen LogP contribution >= 0.6 is 12.2 Å². The highest BCUT2D eigenvalue weighted by Crippen LogP contribution is 2.29. The smallest absolute Gasteiger partial charge is 0.175 e. The Kier molecular flexibility index (Phi) is 3.94. The number of aryl methyl sites for hydroxylation is 1. The first-order valence-electron chi connectivity index (χ1n) is 6.99. The Bertz CT molecular complexity index is 845. The van der Waals surface area contributed by atoms with E-state index >= 15 is 0 Å². The highest BCUT2D eigenvalue weighted by molar-refractivity contribution is 7.80. The van der Waals surface area contributed by atoms with Gasteiger partial charge in [-0.2, -0.15) is 0 Å². The Morgan fingerprint density at radius 2 is 1.64 bits per heavy atom. The molecule has 0 aliphatic rings. The predicted octanol–water partition coefficient (Wildman–Crippen LogP) is 4.66. The van der Waals surface area contributed by atoms with E-state index in [2.05, 4.69) is 10.6 Å². The van der Waals surface area contributed by atoms with Gasteiger partial charge in [-0.1, -0.05) is 36.4 Å². The number of hydrogen-bond acceptors (Lipinski definition) is 2. The third-order valence-electron chi connectivity index (χ3n) is 3.42. The Hall–Kier alpha value is -2.59. The number of nitrogens with one attached hydrogen (secondary N) is 2. The molecule has 3 aromatic carbocycles. The summed E-state index contributed by atoms with van der Waals surface area (Å²) in [5.41, 5.74) is 2.97. The molecule has 0 heterocycles. The van der Waals surface area contributed by atoms with Crippen molar-refractivity contribution < 1.29 is 5.11 Å². The fraction of sp³-hybridized carbons (Fsp3) is 0.0556. The predicted molar refractivity (Wildman–Crippen MR) is 96.6 cm³/mol. The van der Waals surface area contributed by atoms with E-state index in [-0.39, 0.29) is 5.75 Å². The molecule has 3 nitrogen and oxygen atoms in total. The summed E-state index contributed by atoms with van der Waals surface area (Å²) in [6, 6.07) is 19.2. The van der Waals surface area contributed by atoms with E-state index in [1.54, 1.807) is 6.07 Å². The van der Waals surface area contributed by atoms with E-state index < -0.39 is 0 Å². The number of thiocarbonyl (C=S) groups is 1. The highest BCUT2D eigenvalue weighted by Gasteiger charge is 2.05. The van der Waals surface area contributed by atoms with Crippen LogP contribution in [0, 0.1) is 6.92 Å². The van der Waals surface area contributed by atoms with Crippen molar-refractivity contribution in [1.29, 1.82) is 0 Å². The molecule has 0 spiro atoms. The van der Waals surface area contributed by atoms with Crippen molar-refractivity contribution in [1.82, 2.24) is 0 Å². The number of hydrogen-bond donors (Lipinski definition) is 3. The van der Waals surface area contributed by atoms with Gasteiger partial charge in [0.15, 0.2) is 5.11 Å². The number of rotatable bonds is 2. The summed E-state index contributed by atoms with van der Waals surface area (Å²) < 4.78 is 0. The van der Waals surface area contributed by atoms with Crippen LogP contribution in [0.3, 0.4) is 0 Å². The average molecular weight is 308 g/mol. The van der Waals surface area contributed by atoms with Gasteiger partial charge in [-0.05, 0) is 49.0 Å². The molecular weight excluding hydrogens is 292 g/mol. The lowest BCUT2D eigenvalue weighted by Gasteiger charge is -2.13. The number of aromatic hydroxyl groups is 1. The fourth-order valence-electron chi connectivity index (χ4n) is 2.41. The average Bonchev–Trinajstić information content (AvgIpc) is 2.48. The zero-order valence-corrected chi connectivity index (χ0v) is 12.9. The normalized spacial score (nSPS) is 10.4. The number of fused-ring (bicyclic) bond motifs is 1. The van der Waals surface area contributed by atoms with Crippen molar-refractivity contribution in [3.05, 3.63) is 66.2 Å². The Balaban J connectivity index is 1.84. The molecule has 0 atom stereocenters. The van der Waals surface area contributed by atoms with E-state index in [0.717, 1.165) is 22.1 Å².